The van der Waals surface area contributed by atoms with Crippen LogP contribution in [0.5, 0.6) is 0 Å². The zero-order valence-corrected chi connectivity index (χ0v) is 11.3. The number of hydrogen-bond donors (Lipinski definition) is 0. The average Bonchev–Trinajstić information content (AvgIpc) is 2.30. The maximum absolute atomic E-state index is 4.08. The molecule has 0 saturated heterocycles. The summed E-state index contributed by atoms with van der Waals surface area (Å²) in [6.45, 7) is 10.7. The summed E-state index contributed by atoms with van der Waals surface area (Å²) in [5, 5.41) is 0. The van der Waals surface area contributed by atoms with Crippen molar-refractivity contribution >= 4 is 0 Å². The van der Waals surface area contributed by atoms with E-state index in [1.807, 2.05) is 0 Å². The standard InChI is InChI=1S/C17H22/c1-12(2)15-10-9-14(4)17(11-15)16-8-6-5-7-13(16)3/h5,7,11H,1,6,8-10H2,2-4H3. The van der Waals surface area contributed by atoms with E-state index < -0.39 is 0 Å². The Morgan fingerprint density at radius 2 is 1.94 bits per heavy atom. The van der Waals surface area contributed by atoms with Crippen LogP contribution in [0, 0.1) is 0 Å². The number of rotatable bonds is 2. The molecule has 0 aromatic heterocycles. The van der Waals surface area contributed by atoms with Gasteiger partial charge in [-0.2, -0.15) is 0 Å². The number of hydrogen-bond acceptors (Lipinski definition) is 0. The summed E-state index contributed by atoms with van der Waals surface area (Å²) >= 11 is 0. The van der Waals surface area contributed by atoms with Gasteiger partial charge in [-0.15, -0.1) is 0 Å². The van der Waals surface area contributed by atoms with E-state index in [9.17, 15) is 0 Å². The minimum Gasteiger partial charge on any atom is -0.0958 e. The minimum atomic E-state index is 1.16. The molecule has 0 fully saturated rings. The van der Waals surface area contributed by atoms with Gasteiger partial charge >= 0.3 is 0 Å². The first-order valence-corrected chi connectivity index (χ1v) is 6.52. The molecule has 0 aromatic rings. The highest BCUT2D eigenvalue weighted by Crippen LogP contribution is 2.35. The Morgan fingerprint density at radius 1 is 1.18 bits per heavy atom. The van der Waals surface area contributed by atoms with Crippen molar-refractivity contribution in [3.8, 4) is 0 Å². The second kappa shape index (κ2) is 4.91. The van der Waals surface area contributed by atoms with Gasteiger partial charge in [-0.25, -0.2) is 0 Å². The maximum atomic E-state index is 4.08. The van der Waals surface area contributed by atoms with E-state index in [2.05, 4.69) is 45.6 Å². The first-order chi connectivity index (χ1) is 8.09. The topological polar surface area (TPSA) is 0 Å². The van der Waals surface area contributed by atoms with Gasteiger partial charge < -0.3 is 0 Å². The van der Waals surface area contributed by atoms with Gasteiger partial charge in [0.2, 0.25) is 0 Å². The Hall–Kier alpha value is -1.30. The zero-order chi connectivity index (χ0) is 12.4. The second-order valence-corrected chi connectivity index (χ2v) is 5.25. The minimum absolute atomic E-state index is 1.16. The lowest BCUT2D eigenvalue weighted by Crippen LogP contribution is -2.03. The van der Waals surface area contributed by atoms with Crippen molar-refractivity contribution in [3.05, 3.63) is 58.2 Å². The first kappa shape index (κ1) is 12.2. The first-order valence-electron chi connectivity index (χ1n) is 6.52. The van der Waals surface area contributed by atoms with Gasteiger partial charge in [-0.05, 0) is 68.7 Å². The van der Waals surface area contributed by atoms with Crippen molar-refractivity contribution in [1.29, 1.82) is 0 Å². The van der Waals surface area contributed by atoms with Crippen LogP contribution in [0.25, 0.3) is 0 Å². The van der Waals surface area contributed by atoms with Gasteiger partial charge in [0.1, 0.15) is 0 Å². The van der Waals surface area contributed by atoms with E-state index in [1.54, 1.807) is 11.1 Å². The van der Waals surface area contributed by atoms with E-state index in [0.29, 0.717) is 0 Å². The van der Waals surface area contributed by atoms with Crippen LogP contribution in [-0.4, -0.2) is 0 Å². The largest absolute Gasteiger partial charge is 0.0958 e. The van der Waals surface area contributed by atoms with E-state index in [0.717, 1.165) is 6.42 Å². The second-order valence-electron chi connectivity index (χ2n) is 5.25. The van der Waals surface area contributed by atoms with Crippen molar-refractivity contribution in [2.75, 3.05) is 0 Å². The molecular weight excluding hydrogens is 204 g/mol. The van der Waals surface area contributed by atoms with Crippen LogP contribution in [0.3, 0.4) is 0 Å². The van der Waals surface area contributed by atoms with Crippen molar-refractivity contribution in [2.24, 2.45) is 0 Å². The average molecular weight is 226 g/mol. The van der Waals surface area contributed by atoms with Gasteiger partial charge in [0, 0.05) is 0 Å². The molecule has 0 nitrogen and oxygen atoms in total. The molecule has 0 heterocycles. The zero-order valence-electron chi connectivity index (χ0n) is 11.3. The molecule has 0 radical (unpaired) electrons. The lowest BCUT2D eigenvalue weighted by Gasteiger charge is -2.23. The highest BCUT2D eigenvalue weighted by atomic mass is 14.2. The van der Waals surface area contributed by atoms with Crippen LogP contribution in [0.15, 0.2) is 58.2 Å². The smallest absolute Gasteiger partial charge is 0.0230 e. The molecule has 0 spiro atoms. The van der Waals surface area contributed by atoms with Crippen molar-refractivity contribution < 1.29 is 0 Å². The lowest BCUT2D eigenvalue weighted by molar-refractivity contribution is 0.873. The molecule has 0 aromatic carbocycles. The summed E-state index contributed by atoms with van der Waals surface area (Å²) in [4.78, 5) is 0. The van der Waals surface area contributed by atoms with Crippen LogP contribution in [0.2, 0.25) is 0 Å². The van der Waals surface area contributed by atoms with Crippen molar-refractivity contribution in [1.82, 2.24) is 0 Å². The summed E-state index contributed by atoms with van der Waals surface area (Å²) in [7, 11) is 0. The van der Waals surface area contributed by atoms with Crippen molar-refractivity contribution in [3.63, 3.8) is 0 Å². The number of allylic oxidation sites excluding steroid dienone is 9. The third-order valence-electron chi connectivity index (χ3n) is 3.83. The van der Waals surface area contributed by atoms with E-state index in [4.69, 9.17) is 0 Å². The molecule has 0 heteroatoms. The molecule has 0 amide bonds. The summed E-state index contributed by atoms with van der Waals surface area (Å²) < 4.78 is 0. The normalized spacial score (nSPS) is 20.8. The lowest BCUT2D eigenvalue weighted by atomic mass is 9.82. The monoisotopic (exact) mass is 226 g/mol. The fraction of sp³-hybridized carbons (Fsp3) is 0.412. The fourth-order valence-electron chi connectivity index (χ4n) is 2.64. The molecule has 90 valence electrons. The Kier molecular flexibility index (Phi) is 3.51. The Morgan fingerprint density at radius 3 is 2.59 bits per heavy atom. The molecule has 2 rings (SSSR count). The molecule has 0 N–H and O–H groups in total. The molecule has 0 saturated carbocycles. The van der Waals surface area contributed by atoms with Gasteiger partial charge in [-0.1, -0.05) is 36.0 Å². The molecule has 0 aliphatic heterocycles. The quantitative estimate of drug-likeness (QED) is 0.602. The van der Waals surface area contributed by atoms with Crippen LogP contribution in [0.4, 0.5) is 0 Å². The summed E-state index contributed by atoms with van der Waals surface area (Å²) in [5.41, 5.74) is 8.66. The fourth-order valence-corrected chi connectivity index (χ4v) is 2.64. The summed E-state index contributed by atoms with van der Waals surface area (Å²) in [6, 6.07) is 0. The van der Waals surface area contributed by atoms with Gasteiger partial charge in [0.15, 0.2) is 0 Å². The highest BCUT2D eigenvalue weighted by Gasteiger charge is 2.16. The molecular formula is C17H22. The Balaban J connectivity index is 2.43. The molecule has 0 bridgehead atoms. The molecule has 0 atom stereocenters. The Labute approximate surface area is 105 Å². The van der Waals surface area contributed by atoms with Gasteiger partial charge in [0.25, 0.3) is 0 Å². The van der Waals surface area contributed by atoms with Crippen LogP contribution in [0.1, 0.15) is 46.5 Å². The third-order valence-corrected chi connectivity index (χ3v) is 3.83. The predicted molar refractivity (Wildman–Crippen MR) is 75.9 cm³/mol. The van der Waals surface area contributed by atoms with Gasteiger partial charge in [-0.3, -0.25) is 0 Å². The molecule has 17 heavy (non-hydrogen) atoms. The maximum Gasteiger partial charge on any atom is -0.0230 e. The summed E-state index contributed by atoms with van der Waals surface area (Å²) in [5.74, 6) is 0. The Bertz CT molecular complexity index is 464. The van der Waals surface area contributed by atoms with E-state index in [-0.39, 0.29) is 0 Å². The molecule has 2 aliphatic carbocycles. The summed E-state index contributed by atoms with van der Waals surface area (Å²) in [6.07, 6.45) is 11.6. The highest BCUT2D eigenvalue weighted by molar-refractivity contribution is 5.54. The van der Waals surface area contributed by atoms with Crippen LogP contribution >= 0.6 is 0 Å². The predicted octanol–water partition coefficient (Wildman–Crippen LogP) is 5.27. The molecule has 0 unspecified atom stereocenters. The van der Waals surface area contributed by atoms with E-state index in [1.165, 1.54) is 41.6 Å². The van der Waals surface area contributed by atoms with Crippen LogP contribution < -0.4 is 0 Å². The SMILES string of the molecule is C=C(C)C1=CC(C2=C(C)C=CCC2)=C(C)CC1. The van der Waals surface area contributed by atoms with Crippen LogP contribution in [-0.2, 0) is 0 Å². The van der Waals surface area contributed by atoms with Crippen molar-refractivity contribution in [2.45, 2.75) is 46.5 Å². The third kappa shape index (κ3) is 2.52. The molecule has 2 aliphatic rings. The van der Waals surface area contributed by atoms with E-state index >= 15 is 0 Å². The van der Waals surface area contributed by atoms with Gasteiger partial charge in [0.05, 0.1) is 0 Å².